The Balaban J connectivity index is 1.80. The van der Waals surface area contributed by atoms with Gasteiger partial charge in [-0.25, -0.2) is 0 Å². The number of rotatable bonds is 7. The summed E-state index contributed by atoms with van der Waals surface area (Å²) in [6.07, 6.45) is 2.90. The van der Waals surface area contributed by atoms with Crippen molar-refractivity contribution >= 4 is 17.7 Å². The van der Waals surface area contributed by atoms with Crippen molar-refractivity contribution in [2.75, 3.05) is 27.4 Å². The molecule has 0 aliphatic carbocycles. The predicted octanol–water partition coefficient (Wildman–Crippen LogP) is 2.89. The van der Waals surface area contributed by atoms with E-state index >= 15 is 0 Å². The molecular weight excluding hydrogens is 374 g/mol. The summed E-state index contributed by atoms with van der Waals surface area (Å²) in [6.45, 7) is 0.927. The average molecular weight is 397 g/mol. The van der Waals surface area contributed by atoms with Crippen molar-refractivity contribution < 1.29 is 19.2 Å². The normalized spacial score (nSPS) is 14.3. The van der Waals surface area contributed by atoms with Crippen LogP contribution in [0.15, 0.2) is 48.5 Å². The largest absolute Gasteiger partial charge is 0.467 e. The zero-order valence-electron chi connectivity index (χ0n) is 16.3. The van der Waals surface area contributed by atoms with E-state index < -0.39 is 4.92 Å². The summed E-state index contributed by atoms with van der Waals surface area (Å²) in [5.41, 5.74) is 1.97. The first kappa shape index (κ1) is 20.5. The van der Waals surface area contributed by atoms with Gasteiger partial charge in [-0.2, -0.15) is 0 Å². The van der Waals surface area contributed by atoms with Crippen LogP contribution in [0.25, 0.3) is 6.08 Å². The second-order valence-electron chi connectivity index (χ2n) is 6.96. The Kier molecular flexibility index (Phi) is 6.58. The SMILES string of the molecule is CN(C)CC(NC(=O)/C=C/c1cc([N+](=O)[O-])cc2c1OCOC2)c1ccccc1. The maximum absolute atomic E-state index is 12.6. The number of ether oxygens (including phenoxy) is 2. The molecule has 1 heterocycles. The molecule has 2 aromatic carbocycles. The van der Waals surface area contributed by atoms with Gasteiger partial charge in [0.05, 0.1) is 17.6 Å². The molecule has 1 aliphatic rings. The first-order valence-corrected chi connectivity index (χ1v) is 9.14. The molecule has 1 N–H and O–H groups in total. The molecule has 0 saturated carbocycles. The molecule has 8 nitrogen and oxygen atoms in total. The van der Waals surface area contributed by atoms with Crippen molar-refractivity contribution in [2.45, 2.75) is 12.6 Å². The number of nitro groups is 1. The molecular formula is C21H23N3O5. The molecule has 0 radical (unpaired) electrons. The van der Waals surface area contributed by atoms with Crippen molar-refractivity contribution in [2.24, 2.45) is 0 Å². The molecule has 3 rings (SSSR count). The van der Waals surface area contributed by atoms with Crippen molar-refractivity contribution in [3.8, 4) is 5.75 Å². The Morgan fingerprint density at radius 2 is 2.07 bits per heavy atom. The van der Waals surface area contributed by atoms with E-state index in [1.807, 2.05) is 49.3 Å². The molecule has 0 spiro atoms. The number of hydrogen-bond acceptors (Lipinski definition) is 6. The number of carbonyl (C=O) groups is 1. The highest BCUT2D eigenvalue weighted by atomic mass is 16.7. The highest BCUT2D eigenvalue weighted by molar-refractivity contribution is 5.92. The third-order valence-corrected chi connectivity index (χ3v) is 4.41. The Morgan fingerprint density at radius 1 is 1.31 bits per heavy atom. The van der Waals surface area contributed by atoms with Crippen LogP contribution >= 0.6 is 0 Å². The van der Waals surface area contributed by atoms with Crippen LogP contribution in [-0.2, 0) is 16.1 Å². The van der Waals surface area contributed by atoms with Crippen molar-refractivity contribution in [3.63, 3.8) is 0 Å². The fourth-order valence-electron chi connectivity index (χ4n) is 3.13. The quantitative estimate of drug-likeness (QED) is 0.439. The third kappa shape index (κ3) is 5.40. The van der Waals surface area contributed by atoms with Crippen LogP contribution in [0.3, 0.4) is 0 Å². The van der Waals surface area contributed by atoms with Crippen molar-refractivity contribution in [1.82, 2.24) is 10.2 Å². The van der Waals surface area contributed by atoms with Gasteiger partial charge in [-0.05, 0) is 25.7 Å². The van der Waals surface area contributed by atoms with Gasteiger partial charge in [0.15, 0.2) is 6.79 Å². The zero-order chi connectivity index (χ0) is 20.8. The molecule has 152 valence electrons. The minimum absolute atomic E-state index is 0.0662. The maximum atomic E-state index is 12.6. The molecule has 2 aromatic rings. The van der Waals surface area contributed by atoms with E-state index in [-0.39, 0.29) is 31.0 Å². The molecule has 8 heteroatoms. The highest BCUT2D eigenvalue weighted by Crippen LogP contribution is 2.33. The minimum Gasteiger partial charge on any atom is -0.467 e. The number of hydrogen-bond donors (Lipinski definition) is 1. The van der Waals surface area contributed by atoms with E-state index in [4.69, 9.17) is 9.47 Å². The first-order chi connectivity index (χ1) is 13.9. The van der Waals surface area contributed by atoms with Crippen LogP contribution in [0.4, 0.5) is 5.69 Å². The van der Waals surface area contributed by atoms with Gasteiger partial charge < -0.3 is 19.7 Å². The lowest BCUT2D eigenvalue weighted by molar-refractivity contribution is -0.385. The summed E-state index contributed by atoms with van der Waals surface area (Å²) in [5, 5.41) is 14.2. The number of non-ortho nitro benzene ring substituents is 1. The smallest absolute Gasteiger partial charge is 0.270 e. The van der Waals surface area contributed by atoms with Crippen LogP contribution in [0.2, 0.25) is 0 Å². The average Bonchev–Trinajstić information content (AvgIpc) is 2.71. The molecule has 1 amide bonds. The fraction of sp³-hybridized carbons (Fsp3) is 0.286. The lowest BCUT2D eigenvalue weighted by atomic mass is 10.1. The van der Waals surface area contributed by atoms with E-state index in [0.717, 1.165) is 5.56 Å². The molecule has 0 bridgehead atoms. The molecule has 1 unspecified atom stereocenters. The second kappa shape index (κ2) is 9.31. The van der Waals surface area contributed by atoms with Gasteiger partial charge in [-0.15, -0.1) is 0 Å². The monoisotopic (exact) mass is 397 g/mol. The van der Waals surface area contributed by atoms with E-state index in [1.165, 1.54) is 24.3 Å². The number of carbonyl (C=O) groups excluding carboxylic acids is 1. The zero-order valence-corrected chi connectivity index (χ0v) is 16.3. The van der Waals surface area contributed by atoms with Gasteiger partial charge >= 0.3 is 0 Å². The van der Waals surface area contributed by atoms with Gasteiger partial charge in [-0.3, -0.25) is 14.9 Å². The van der Waals surface area contributed by atoms with Gasteiger partial charge in [-0.1, -0.05) is 30.3 Å². The predicted molar refractivity (Wildman–Crippen MR) is 108 cm³/mol. The second-order valence-corrected chi connectivity index (χ2v) is 6.96. The summed E-state index contributed by atoms with van der Waals surface area (Å²) >= 11 is 0. The van der Waals surface area contributed by atoms with Crippen molar-refractivity contribution in [3.05, 3.63) is 75.3 Å². The fourth-order valence-corrected chi connectivity index (χ4v) is 3.13. The topological polar surface area (TPSA) is 93.9 Å². The summed E-state index contributed by atoms with van der Waals surface area (Å²) in [7, 11) is 3.87. The number of nitrogens with zero attached hydrogens (tertiary/aromatic N) is 2. The Hall–Kier alpha value is -3.23. The lowest BCUT2D eigenvalue weighted by Gasteiger charge is -2.22. The van der Waals surface area contributed by atoms with Gasteiger partial charge in [0.2, 0.25) is 5.91 Å². The van der Waals surface area contributed by atoms with Crippen LogP contribution in [0.5, 0.6) is 5.75 Å². The number of benzene rings is 2. The third-order valence-electron chi connectivity index (χ3n) is 4.41. The van der Waals surface area contributed by atoms with Crippen LogP contribution in [-0.4, -0.2) is 43.2 Å². The molecule has 0 fully saturated rings. The number of fused-ring (bicyclic) bond motifs is 1. The Morgan fingerprint density at radius 3 is 2.76 bits per heavy atom. The van der Waals surface area contributed by atoms with Crippen LogP contribution < -0.4 is 10.1 Å². The minimum atomic E-state index is -0.477. The number of amides is 1. The van der Waals surface area contributed by atoms with E-state index in [2.05, 4.69) is 5.32 Å². The summed E-state index contributed by atoms with van der Waals surface area (Å²) in [6, 6.07) is 12.3. The van der Waals surface area contributed by atoms with E-state index in [9.17, 15) is 14.9 Å². The Bertz CT molecular complexity index is 912. The molecule has 0 aromatic heterocycles. The summed E-state index contributed by atoms with van der Waals surface area (Å²) in [4.78, 5) is 25.3. The van der Waals surface area contributed by atoms with Crippen molar-refractivity contribution in [1.29, 1.82) is 0 Å². The van der Waals surface area contributed by atoms with E-state index in [1.54, 1.807) is 0 Å². The number of likely N-dealkylation sites (N-methyl/N-ethyl adjacent to an activating group) is 1. The van der Waals surface area contributed by atoms with Gasteiger partial charge in [0, 0.05) is 35.9 Å². The summed E-state index contributed by atoms with van der Waals surface area (Å²) in [5.74, 6) is 0.201. The summed E-state index contributed by atoms with van der Waals surface area (Å²) < 4.78 is 10.7. The van der Waals surface area contributed by atoms with Gasteiger partial charge in [0.25, 0.3) is 5.69 Å². The first-order valence-electron chi connectivity index (χ1n) is 9.14. The molecule has 0 saturated heterocycles. The highest BCUT2D eigenvalue weighted by Gasteiger charge is 2.20. The maximum Gasteiger partial charge on any atom is 0.270 e. The van der Waals surface area contributed by atoms with Crippen LogP contribution in [0.1, 0.15) is 22.7 Å². The number of nitro benzene ring substituents is 1. The molecule has 29 heavy (non-hydrogen) atoms. The Labute approximate surface area is 168 Å². The van der Waals surface area contributed by atoms with Gasteiger partial charge in [0.1, 0.15) is 5.75 Å². The standard InChI is InChI=1S/C21H23N3O5/c1-23(2)12-19(15-6-4-3-5-7-15)22-20(25)9-8-16-10-18(24(26)27)11-17-13-28-14-29-21(16)17/h3-11,19H,12-14H2,1-2H3,(H,22,25)/b9-8+. The lowest BCUT2D eigenvalue weighted by Crippen LogP contribution is -2.34. The molecule has 1 aliphatic heterocycles. The van der Waals surface area contributed by atoms with Crippen LogP contribution in [0, 0.1) is 10.1 Å². The number of nitrogens with one attached hydrogen (secondary N) is 1. The molecule has 1 atom stereocenters. The van der Waals surface area contributed by atoms with E-state index in [0.29, 0.717) is 23.4 Å².